The summed E-state index contributed by atoms with van der Waals surface area (Å²) in [4.78, 5) is 0.400. The van der Waals surface area contributed by atoms with Crippen molar-refractivity contribution in [1.29, 1.82) is 0 Å². The summed E-state index contributed by atoms with van der Waals surface area (Å²) >= 11 is 0. The van der Waals surface area contributed by atoms with Gasteiger partial charge in [0.15, 0.2) is 9.84 Å². The first kappa shape index (κ1) is 14.2. The first-order valence-corrected chi connectivity index (χ1v) is 7.45. The van der Waals surface area contributed by atoms with E-state index < -0.39 is 9.84 Å². The Bertz CT molecular complexity index is 449. The summed E-state index contributed by atoms with van der Waals surface area (Å²) in [6.45, 7) is 6.12. The van der Waals surface area contributed by atoms with E-state index in [2.05, 4.69) is 6.92 Å². The van der Waals surface area contributed by atoms with Crippen LogP contribution in [-0.2, 0) is 16.3 Å². The van der Waals surface area contributed by atoms with Gasteiger partial charge in [0.1, 0.15) is 0 Å². The van der Waals surface area contributed by atoms with Gasteiger partial charge < -0.3 is 5.73 Å². The summed E-state index contributed by atoms with van der Waals surface area (Å²) in [7, 11) is -3.15. The van der Waals surface area contributed by atoms with Gasteiger partial charge in [0, 0.05) is 0 Å². The zero-order valence-corrected chi connectivity index (χ0v) is 11.5. The number of nitrogens with two attached hydrogens (primary N) is 1. The van der Waals surface area contributed by atoms with Crippen molar-refractivity contribution in [3.05, 3.63) is 29.8 Å². The maximum absolute atomic E-state index is 11.9. The first-order chi connectivity index (χ1) is 7.87. The first-order valence-electron chi connectivity index (χ1n) is 5.90. The van der Waals surface area contributed by atoms with E-state index in [0.29, 0.717) is 17.4 Å². The molecule has 0 aliphatic rings. The Hall–Kier alpha value is -0.870. The average Bonchev–Trinajstić information content (AvgIpc) is 2.29. The van der Waals surface area contributed by atoms with Crippen LogP contribution >= 0.6 is 0 Å². The number of rotatable bonds is 5. The average molecular weight is 255 g/mol. The molecule has 1 rings (SSSR count). The summed E-state index contributed by atoms with van der Waals surface area (Å²) in [5, 5.41) is -0.378. The molecule has 4 heteroatoms. The Morgan fingerprint density at radius 2 is 1.65 bits per heavy atom. The van der Waals surface area contributed by atoms with Crippen LogP contribution in [0, 0.1) is 5.92 Å². The summed E-state index contributed by atoms with van der Waals surface area (Å²) in [5.41, 5.74) is 6.69. The van der Waals surface area contributed by atoms with Gasteiger partial charge in [-0.25, -0.2) is 8.42 Å². The third-order valence-electron chi connectivity index (χ3n) is 2.86. The molecule has 0 spiro atoms. The molecule has 0 aliphatic carbocycles. The normalized spacial score (nSPS) is 13.9. The molecule has 0 fully saturated rings. The van der Waals surface area contributed by atoms with Crippen LogP contribution in [0.2, 0.25) is 0 Å². The fraction of sp³-hybridized carbons (Fsp3) is 0.538. The minimum absolute atomic E-state index is 0.378. The van der Waals surface area contributed by atoms with Crippen molar-refractivity contribution in [3.63, 3.8) is 0 Å². The van der Waals surface area contributed by atoms with Gasteiger partial charge in [-0.3, -0.25) is 0 Å². The molecule has 1 aromatic carbocycles. The quantitative estimate of drug-likeness (QED) is 0.875. The smallest absolute Gasteiger partial charge is 0.180 e. The lowest BCUT2D eigenvalue weighted by atomic mass is 10.0. The molecule has 0 saturated carbocycles. The van der Waals surface area contributed by atoms with E-state index in [9.17, 15) is 8.42 Å². The van der Waals surface area contributed by atoms with Gasteiger partial charge >= 0.3 is 0 Å². The number of hydrogen-bond donors (Lipinski definition) is 1. The van der Waals surface area contributed by atoms with Crippen LogP contribution in [0.4, 0.5) is 0 Å². The van der Waals surface area contributed by atoms with Crippen LogP contribution in [0.3, 0.4) is 0 Å². The van der Waals surface area contributed by atoms with Crippen LogP contribution in [-0.4, -0.2) is 20.2 Å². The summed E-state index contributed by atoms with van der Waals surface area (Å²) in [6, 6.07) is 7.13. The summed E-state index contributed by atoms with van der Waals surface area (Å²) in [6.07, 6.45) is 0.887. The highest BCUT2D eigenvalue weighted by Gasteiger charge is 2.18. The topological polar surface area (TPSA) is 60.2 Å². The zero-order chi connectivity index (χ0) is 13.1. The van der Waals surface area contributed by atoms with Gasteiger partial charge in [0.25, 0.3) is 0 Å². The molecular formula is C13H21NO2S. The number of sulfone groups is 1. The molecule has 0 saturated heterocycles. The lowest BCUT2D eigenvalue weighted by Gasteiger charge is -2.10. The standard InChI is InChI=1S/C13H21NO2S/c1-10(2)17(15,16)13-6-4-12(5-7-13)8-11(3)9-14/h4-7,10-11H,8-9,14H2,1-3H3. The molecule has 0 aromatic heterocycles. The molecule has 2 N–H and O–H groups in total. The second kappa shape index (κ2) is 5.65. The predicted molar refractivity (Wildman–Crippen MR) is 70.7 cm³/mol. The highest BCUT2D eigenvalue weighted by atomic mass is 32.2. The Morgan fingerprint density at radius 3 is 2.06 bits per heavy atom. The van der Waals surface area contributed by atoms with Crippen molar-refractivity contribution in [2.45, 2.75) is 37.3 Å². The molecule has 0 bridgehead atoms. The second-order valence-corrected chi connectivity index (χ2v) is 7.29. The Morgan fingerprint density at radius 1 is 1.12 bits per heavy atom. The van der Waals surface area contributed by atoms with Crippen molar-refractivity contribution in [2.24, 2.45) is 11.7 Å². The number of benzene rings is 1. The van der Waals surface area contributed by atoms with Gasteiger partial charge in [0.05, 0.1) is 10.1 Å². The van der Waals surface area contributed by atoms with E-state index in [-0.39, 0.29) is 5.25 Å². The van der Waals surface area contributed by atoms with Crippen LogP contribution in [0.1, 0.15) is 26.3 Å². The van der Waals surface area contributed by atoms with E-state index in [1.807, 2.05) is 12.1 Å². The largest absolute Gasteiger partial charge is 0.330 e. The maximum Gasteiger partial charge on any atom is 0.180 e. The fourth-order valence-corrected chi connectivity index (χ4v) is 2.63. The minimum Gasteiger partial charge on any atom is -0.330 e. The summed E-state index contributed by atoms with van der Waals surface area (Å²) < 4.78 is 23.8. The monoisotopic (exact) mass is 255 g/mol. The van der Waals surface area contributed by atoms with Gasteiger partial charge in [-0.1, -0.05) is 19.1 Å². The third kappa shape index (κ3) is 3.54. The lowest BCUT2D eigenvalue weighted by Crippen LogP contribution is -2.15. The second-order valence-electron chi connectivity index (χ2n) is 4.78. The van der Waals surface area contributed by atoms with Gasteiger partial charge in [-0.2, -0.15) is 0 Å². The zero-order valence-electron chi connectivity index (χ0n) is 10.7. The molecule has 1 aromatic rings. The van der Waals surface area contributed by atoms with Crippen LogP contribution in [0.25, 0.3) is 0 Å². The molecule has 1 unspecified atom stereocenters. The van der Waals surface area contributed by atoms with Crippen molar-refractivity contribution in [1.82, 2.24) is 0 Å². The molecule has 0 radical (unpaired) electrons. The van der Waals surface area contributed by atoms with E-state index >= 15 is 0 Å². The third-order valence-corrected chi connectivity index (χ3v) is 5.03. The van der Waals surface area contributed by atoms with Crippen molar-refractivity contribution >= 4 is 9.84 Å². The Kier molecular flexibility index (Phi) is 4.71. The molecular weight excluding hydrogens is 234 g/mol. The lowest BCUT2D eigenvalue weighted by molar-refractivity contribution is 0.586. The number of hydrogen-bond acceptors (Lipinski definition) is 3. The van der Waals surface area contributed by atoms with E-state index in [4.69, 9.17) is 5.73 Å². The van der Waals surface area contributed by atoms with Gasteiger partial charge in [-0.15, -0.1) is 0 Å². The predicted octanol–water partition coefficient (Wildman–Crippen LogP) is 2.01. The molecule has 3 nitrogen and oxygen atoms in total. The van der Waals surface area contributed by atoms with Crippen LogP contribution < -0.4 is 5.73 Å². The van der Waals surface area contributed by atoms with Crippen molar-refractivity contribution in [3.8, 4) is 0 Å². The highest BCUT2D eigenvalue weighted by Crippen LogP contribution is 2.17. The van der Waals surface area contributed by atoms with E-state index in [0.717, 1.165) is 12.0 Å². The highest BCUT2D eigenvalue weighted by molar-refractivity contribution is 7.92. The summed E-state index contributed by atoms with van der Waals surface area (Å²) in [5.74, 6) is 0.419. The van der Waals surface area contributed by atoms with Gasteiger partial charge in [0.2, 0.25) is 0 Å². The maximum atomic E-state index is 11.9. The van der Waals surface area contributed by atoms with Crippen LogP contribution in [0.15, 0.2) is 29.2 Å². The fourth-order valence-electron chi connectivity index (χ4n) is 1.57. The molecule has 0 heterocycles. The minimum atomic E-state index is -3.15. The molecule has 0 amide bonds. The SMILES string of the molecule is CC(CN)Cc1ccc(S(=O)(=O)C(C)C)cc1. The van der Waals surface area contributed by atoms with E-state index in [1.54, 1.807) is 26.0 Å². The molecule has 17 heavy (non-hydrogen) atoms. The Labute approximate surface area is 104 Å². The Balaban J connectivity index is 2.89. The molecule has 96 valence electrons. The van der Waals surface area contributed by atoms with Crippen LogP contribution in [0.5, 0.6) is 0 Å². The van der Waals surface area contributed by atoms with Gasteiger partial charge in [-0.05, 0) is 50.4 Å². The molecule has 0 aliphatic heterocycles. The van der Waals surface area contributed by atoms with Crippen molar-refractivity contribution < 1.29 is 8.42 Å². The van der Waals surface area contributed by atoms with E-state index in [1.165, 1.54) is 0 Å². The molecule has 1 atom stereocenters. The van der Waals surface area contributed by atoms with Crippen molar-refractivity contribution in [2.75, 3.05) is 6.54 Å².